The molecule has 1 aromatic heterocycles. The standard InChI is InChI=1S/C12H11BrN2O3/c13-9-2-1-3-10(8-9)18-7-6-15-11(12(16)17)4-5-14-15/h1-5,8H,6-7H2,(H,16,17). The number of hydrogen-bond donors (Lipinski definition) is 1. The third kappa shape index (κ3) is 3.10. The Hall–Kier alpha value is -1.82. The van der Waals surface area contributed by atoms with Crippen LogP contribution in [0.4, 0.5) is 0 Å². The minimum atomic E-state index is -0.991. The summed E-state index contributed by atoms with van der Waals surface area (Å²) in [7, 11) is 0. The van der Waals surface area contributed by atoms with E-state index in [1.165, 1.54) is 16.9 Å². The molecule has 0 atom stereocenters. The molecular formula is C12H11BrN2O3. The minimum absolute atomic E-state index is 0.160. The van der Waals surface area contributed by atoms with Crippen molar-refractivity contribution < 1.29 is 14.6 Å². The Balaban J connectivity index is 1.92. The molecule has 0 aliphatic carbocycles. The molecule has 1 N–H and O–H groups in total. The number of carbonyl (C=O) groups is 1. The highest BCUT2D eigenvalue weighted by Gasteiger charge is 2.09. The van der Waals surface area contributed by atoms with Gasteiger partial charge in [0, 0.05) is 10.7 Å². The molecule has 0 radical (unpaired) electrons. The van der Waals surface area contributed by atoms with Gasteiger partial charge in [-0.25, -0.2) is 4.79 Å². The molecule has 2 rings (SSSR count). The first-order chi connectivity index (χ1) is 8.66. The van der Waals surface area contributed by atoms with Crippen molar-refractivity contribution in [3.8, 4) is 5.75 Å². The van der Waals surface area contributed by atoms with Crippen LogP contribution in [-0.4, -0.2) is 27.5 Å². The smallest absolute Gasteiger partial charge is 0.354 e. The maximum absolute atomic E-state index is 10.9. The van der Waals surface area contributed by atoms with E-state index in [4.69, 9.17) is 9.84 Å². The van der Waals surface area contributed by atoms with Gasteiger partial charge in [-0.15, -0.1) is 0 Å². The van der Waals surface area contributed by atoms with E-state index < -0.39 is 5.97 Å². The number of ether oxygens (including phenoxy) is 1. The summed E-state index contributed by atoms with van der Waals surface area (Å²) >= 11 is 3.35. The van der Waals surface area contributed by atoms with E-state index in [-0.39, 0.29) is 5.69 Å². The van der Waals surface area contributed by atoms with Gasteiger partial charge in [0.15, 0.2) is 0 Å². The summed E-state index contributed by atoms with van der Waals surface area (Å²) in [5.41, 5.74) is 0.160. The largest absolute Gasteiger partial charge is 0.492 e. The summed E-state index contributed by atoms with van der Waals surface area (Å²) in [6.45, 7) is 0.750. The zero-order valence-corrected chi connectivity index (χ0v) is 11.0. The van der Waals surface area contributed by atoms with Crippen molar-refractivity contribution >= 4 is 21.9 Å². The van der Waals surface area contributed by atoms with Crippen molar-refractivity contribution in [1.29, 1.82) is 0 Å². The number of rotatable bonds is 5. The number of carboxylic acid groups (broad SMARTS) is 1. The summed E-state index contributed by atoms with van der Waals surface area (Å²) < 4.78 is 7.85. The molecule has 94 valence electrons. The number of benzene rings is 1. The first-order valence-corrected chi connectivity index (χ1v) is 6.09. The van der Waals surface area contributed by atoms with Crippen molar-refractivity contribution in [3.63, 3.8) is 0 Å². The Morgan fingerprint density at radius 2 is 2.28 bits per heavy atom. The monoisotopic (exact) mass is 310 g/mol. The van der Waals surface area contributed by atoms with Gasteiger partial charge in [-0.3, -0.25) is 4.68 Å². The van der Waals surface area contributed by atoms with Crippen LogP contribution in [0, 0.1) is 0 Å². The van der Waals surface area contributed by atoms with Crippen LogP contribution in [0.5, 0.6) is 5.75 Å². The minimum Gasteiger partial charge on any atom is -0.492 e. The fourth-order valence-electron chi connectivity index (χ4n) is 1.50. The topological polar surface area (TPSA) is 64.3 Å². The SMILES string of the molecule is O=C(O)c1ccnn1CCOc1cccc(Br)c1. The molecule has 1 heterocycles. The van der Waals surface area contributed by atoms with E-state index in [9.17, 15) is 4.79 Å². The molecule has 0 aliphatic rings. The molecule has 1 aromatic carbocycles. The van der Waals surface area contributed by atoms with Gasteiger partial charge < -0.3 is 9.84 Å². The normalized spacial score (nSPS) is 10.3. The van der Waals surface area contributed by atoms with E-state index in [1.807, 2.05) is 24.3 Å². The van der Waals surface area contributed by atoms with Crippen LogP contribution in [0.1, 0.15) is 10.5 Å². The summed E-state index contributed by atoms with van der Waals surface area (Å²) in [6.07, 6.45) is 1.46. The van der Waals surface area contributed by atoms with Gasteiger partial charge in [0.25, 0.3) is 0 Å². The van der Waals surface area contributed by atoms with E-state index >= 15 is 0 Å². The summed E-state index contributed by atoms with van der Waals surface area (Å²) in [5, 5.41) is 12.8. The Kier molecular flexibility index (Phi) is 3.99. The number of aromatic carboxylic acids is 1. The van der Waals surface area contributed by atoms with Crippen molar-refractivity contribution in [1.82, 2.24) is 9.78 Å². The van der Waals surface area contributed by atoms with Gasteiger partial charge in [0.05, 0.1) is 6.54 Å². The zero-order chi connectivity index (χ0) is 13.0. The Morgan fingerprint density at radius 1 is 1.44 bits per heavy atom. The average molecular weight is 311 g/mol. The van der Waals surface area contributed by atoms with E-state index in [1.54, 1.807) is 0 Å². The van der Waals surface area contributed by atoms with Crippen LogP contribution < -0.4 is 4.74 Å². The molecule has 0 saturated carbocycles. The van der Waals surface area contributed by atoms with Crippen LogP contribution in [0.15, 0.2) is 41.0 Å². The summed E-state index contributed by atoms with van der Waals surface area (Å²) in [6, 6.07) is 8.92. The van der Waals surface area contributed by atoms with E-state index in [2.05, 4.69) is 21.0 Å². The molecule has 0 aliphatic heterocycles. The molecular weight excluding hydrogens is 300 g/mol. The second-order valence-corrected chi connectivity index (χ2v) is 4.47. The Morgan fingerprint density at radius 3 is 3.00 bits per heavy atom. The second-order valence-electron chi connectivity index (χ2n) is 3.55. The highest BCUT2D eigenvalue weighted by atomic mass is 79.9. The van der Waals surface area contributed by atoms with Crippen LogP contribution in [0.3, 0.4) is 0 Å². The maximum Gasteiger partial charge on any atom is 0.354 e. The lowest BCUT2D eigenvalue weighted by atomic mass is 10.3. The van der Waals surface area contributed by atoms with Crippen LogP contribution in [0.25, 0.3) is 0 Å². The molecule has 5 nitrogen and oxygen atoms in total. The fourth-order valence-corrected chi connectivity index (χ4v) is 1.88. The van der Waals surface area contributed by atoms with Gasteiger partial charge in [-0.05, 0) is 24.3 Å². The number of hydrogen-bond acceptors (Lipinski definition) is 3. The highest BCUT2D eigenvalue weighted by Crippen LogP contribution is 2.17. The third-order valence-corrected chi connectivity index (χ3v) is 2.80. The van der Waals surface area contributed by atoms with Gasteiger partial charge in [0.1, 0.15) is 18.1 Å². The number of nitrogens with zero attached hydrogens (tertiary/aromatic N) is 2. The fraction of sp³-hybridized carbons (Fsp3) is 0.167. The number of halogens is 1. The van der Waals surface area contributed by atoms with E-state index in [0.717, 1.165) is 10.2 Å². The van der Waals surface area contributed by atoms with Crippen molar-refractivity contribution in [2.45, 2.75) is 6.54 Å². The molecule has 18 heavy (non-hydrogen) atoms. The van der Waals surface area contributed by atoms with Gasteiger partial charge in [-0.2, -0.15) is 5.10 Å². The molecule has 0 bridgehead atoms. The zero-order valence-electron chi connectivity index (χ0n) is 9.41. The maximum atomic E-state index is 10.9. The van der Waals surface area contributed by atoms with Crippen LogP contribution in [-0.2, 0) is 6.54 Å². The van der Waals surface area contributed by atoms with E-state index in [0.29, 0.717) is 13.2 Å². The van der Waals surface area contributed by atoms with Crippen molar-refractivity contribution in [3.05, 3.63) is 46.7 Å². The lowest BCUT2D eigenvalue weighted by Crippen LogP contribution is -2.14. The average Bonchev–Trinajstić information content (AvgIpc) is 2.77. The quantitative estimate of drug-likeness (QED) is 0.921. The van der Waals surface area contributed by atoms with Gasteiger partial charge in [0.2, 0.25) is 0 Å². The predicted molar refractivity (Wildman–Crippen MR) is 68.8 cm³/mol. The predicted octanol–water partition coefficient (Wildman–Crippen LogP) is 2.42. The lowest BCUT2D eigenvalue weighted by molar-refractivity contribution is 0.0682. The molecule has 0 spiro atoms. The highest BCUT2D eigenvalue weighted by molar-refractivity contribution is 9.10. The molecule has 6 heteroatoms. The Bertz CT molecular complexity index is 554. The summed E-state index contributed by atoms with van der Waals surface area (Å²) in [5.74, 6) is -0.261. The van der Waals surface area contributed by atoms with Gasteiger partial charge in [-0.1, -0.05) is 22.0 Å². The molecule has 2 aromatic rings. The first kappa shape index (κ1) is 12.6. The van der Waals surface area contributed by atoms with Crippen LogP contribution >= 0.6 is 15.9 Å². The van der Waals surface area contributed by atoms with Gasteiger partial charge >= 0.3 is 5.97 Å². The molecule has 0 fully saturated rings. The van der Waals surface area contributed by atoms with Crippen molar-refractivity contribution in [2.75, 3.05) is 6.61 Å². The molecule has 0 saturated heterocycles. The van der Waals surface area contributed by atoms with Crippen molar-refractivity contribution in [2.24, 2.45) is 0 Å². The summed E-state index contributed by atoms with van der Waals surface area (Å²) in [4.78, 5) is 10.9. The lowest BCUT2D eigenvalue weighted by Gasteiger charge is -2.07. The number of aromatic nitrogens is 2. The Labute approximate surface area is 112 Å². The third-order valence-electron chi connectivity index (χ3n) is 2.30. The molecule has 0 unspecified atom stereocenters. The van der Waals surface area contributed by atoms with Crippen LogP contribution in [0.2, 0.25) is 0 Å². The second kappa shape index (κ2) is 5.68. The first-order valence-electron chi connectivity index (χ1n) is 5.30. The molecule has 0 amide bonds. The number of carboxylic acids is 1.